The van der Waals surface area contributed by atoms with Gasteiger partial charge < -0.3 is 10.0 Å². The van der Waals surface area contributed by atoms with E-state index in [4.69, 9.17) is 0 Å². The highest BCUT2D eigenvalue weighted by molar-refractivity contribution is 9.10. The van der Waals surface area contributed by atoms with Gasteiger partial charge in [-0.05, 0) is 37.6 Å². The summed E-state index contributed by atoms with van der Waals surface area (Å²) in [5.41, 5.74) is 1.48. The third kappa shape index (κ3) is 2.79. The van der Waals surface area contributed by atoms with Crippen LogP contribution in [0.1, 0.15) is 22.8 Å². The summed E-state index contributed by atoms with van der Waals surface area (Å²) in [5.74, 6) is -0.725. The number of rotatable bonds is 2. The van der Waals surface area contributed by atoms with Crippen LogP contribution in [0.2, 0.25) is 0 Å². The Hall–Kier alpha value is -1.01. The Bertz CT molecular complexity index is 535. The molecule has 1 heterocycles. The van der Waals surface area contributed by atoms with Crippen LogP contribution in [0.25, 0.3) is 0 Å². The molecule has 6 heteroatoms. The van der Waals surface area contributed by atoms with E-state index in [0.29, 0.717) is 11.3 Å². The zero-order chi connectivity index (χ0) is 14.2. The maximum atomic E-state index is 12.5. The highest BCUT2D eigenvalue weighted by Crippen LogP contribution is 2.31. The maximum absolute atomic E-state index is 12.5. The van der Waals surface area contributed by atoms with E-state index in [9.17, 15) is 14.7 Å². The highest BCUT2D eigenvalue weighted by atomic mass is 79.9. The standard InChI is InChI=1S/C13H14BrNO3S/c1-7-5-9(3-4-10(7)14)12(16)15-8(2)19-6-11(15)13(17)18/h3-5,8,11H,6H2,1-2H3,(H,17,18). The summed E-state index contributed by atoms with van der Waals surface area (Å²) in [6.07, 6.45) is 0. The second kappa shape index (κ2) is 5.54. The van der Waals surface area contributed by atoms with Crippen molar-refractivity contribution >= 4 is 39.6 Å². The average molecular weight is 344 g/mol. The Morgan fingerprint density at radius 1 is 1.47 bits per heavy atom. The van der Waals surface area contributed by atoms with E-state index in [2.05, 4.69) is 15.9 Å². The molecule has 4 nitrogen and oxygen atoms in total. The third-order valence-corrected chi connectivity index (χ3v) is 5.25. The number of benzene rings is 1. The maximum Gasteiger partial charge on any atom is 0.327 e. The van der Waals surface area contributed by atoms with Crippen LogP contribution >= 0.6 is 27.7 Å². The van der Waals surface area contributed by atoms with Crippen molar-refractivity contribution in [1.29, 1.82) is 0 Å². The summed E-state index contributed by atoms with van der Waals surface area (Å²) >= 11 is 4.87. The van der Waals surface area contributed by atoms with Gasteiger partial charge in [0.15, 0.2) is 0 Å². The quantitative estimate of drug-likeness (QED) is 0.896. The summed E-state index contributed by atoms with van der Waals surface area (Å²) in [4.78, 5) is 25.1. The zero-order valence-corrected chi connectivity index (χ0v) is 13.0. The molecule has 2 rings (SSSR count). The predicted molar refractivity (Wildman–Crippen MR) is 78.4 cm³/mol. The van der Waals surface area contributed by atoms with Gasteiger partial charge in [0.1, 0.15) is 6.04 Å². The lowest BCUT2D eigenvalue weighted by Crippen LogP contribution is -2.44. The first-order valence-corrected chi connectivity index (χ1v) is 7.69. The molecule has 1 saturated heterocycles. The topological polar surface area (TPSA) is 57.6 Å². The van der Waals surface area contributed by atoms with E-state index in [1.807, 2.05) is 19.9 Å². The zero-order valence-electron chi connectivity index (χ0n) is 10.6. The van der Waals surface area contributed by atoms with Crippen LogP contribution in [0.15, 0.2) is 22.7 Å². The van der Waals surface area contributed by atoms with Crippen LogP contribution in [0.3, 0.4) is 0 Å². The lowest BCUT2D eigenvalue weighted by molar-refractivity contribution is -0.141. The van der Waals surface area contributed by atoms with E-state index in [0.717, 1.165) is 10.0 Å². The number of thioether (sulfide) groups is 1. The molecule has 1 aromatic rings. The van der Waals surface area contributed by atoms with Gasteiger partial charge in [-0.15, -0.1) is 11.8 Å². The lowest BCUT2D eigenvalue weighted by Gasteiger charge is -2.25. The molecule has 2 unspecified atom stereocenters. The molecule has 0 aromatic heterocycles. The number of halogens is 1. The fourth-order valence-electron chi connectivity index (χ4n) is 2.07. The number of carbonyl (C=O) groups excluding carboxylic acids is 1. The molecule has 102 valence electrons. The summed E-state index contributed by atoms with van der Waals surface area (Å²) in [6, 6.07) is 4.57. The normalized spacial score (nSPS) is 22.6. The summed E-state index contributed by atoms with van der Waals surface area (Å²) in [7, 11) is 0. The molecule has 1 aliphatic rings. The number of amides is 1. The van der Waals surface area contributed by atoms with Gasteiger partial charge in [0, 0.05) is 15.8 Å². The van der Waals surface area contributed by atoms with Crippen molar-refractivity contribution in [3.8, 4) is 0 Å². The van der Waals surface area contributed by atoms with Crippen LogP contribution in [-0.4, -0.2) is 39.1 Å². The van der Waals surface area contributed by atoms with Crippen molar-refractivity contribution in [2.75, 3.05) is 5.75 Å². The van der Waals surface area contributed by atoms with Gasteiger partial charge in [0.05, 0.1) is 5.37 Å². The molecule has 1 amide bonds. The first kappa shape index (κ1) is 14.4. The third-order valence-electron chi connectivity index (χ3n) is 3.15. The lowest BCUT2D eigenvalue weighted by atomic mass is 10.1. The van der Waals surface area contributed by atoms with Crippen molar-refractivity contribution in [2.45, 2.75) is 25.3 Å². The first-order chi connectivity index (χ1) is 8.91. The Kier molecular flexibility index (Phi) is 4.20. The number of nitrogens with zero attached hydrogens (tertiary/aromatic N) is 1. The van der Waals surface area contributed by atoms with Gasteiger partial charge in [-0.1, -0.05) is 15.9 Å². The number of carbonyl (C=O) groups is 2. The monoisotopic (exact) mass is 343 g/mol. The fourth-order valence-corrected chi connectivity index (χ4v) is 3.48. The molecule has 1 aromatic carbocycles. The Morgan fingerprint density at radius 2 is 2.16 bits per heavy atom. The SMILES string of the molecule is Cc1cc(C(=O)N2C(C)SCC2C(=O)O)ccc1Br. The summed E-state index contributed by atoms with van der Waals surface area (Å²) < 4.78 is 0.933. The molecule has 0 radical (unpaired) electrons. The largest absolute Gasteiger partial charge is 0.480 e. The Labute approximate surface area is 124 Å². The molecule has 1 fully saturated rings. The molecule has 1 N–H and O–H groups in total. The summed E-state index contributed by atoms with van der Waals surface area (Å²) in [6.45, 7) is 3.76. The van der Waals surface area contributed by atoms with Crippen LogP contribution in [0, 0.1) is 6.92 Å². The number of hydrogen-bond acceptors (Lipinski definition) is 3. The molecular formula is C13H14BrNO3S. The minimum atomic E-state index is -0.945. The van der Waals surface area contributed by atoms with Crippen molar-refractivity contribution in [1.82, 2.24) is 4.90 Å². The summed E-state index contributed by atoms with van der Waals surface area (Å²) in [5, 5.41) is 9.07. The van der Waals surface area contributed by atoms with Crippen molar-refractivity contribution < 1.29 is 14.7 Å². The average Bonchev–Trinajstić information content (AvgIpc) is 2.74. The van der Waals surface area contributed by atoms with Crippen molar-refractivity contribution in [3.05, 3.63) is 33.8 Å². The van der Waals surface area contributed by atoms with E-state index in [1.165, 1.54) is 16.7 Å². The van der Waals surface area contributed by atoms with E-state index in [-0.39, 0.29) is 11.3 Å². The minimum absolute atomic E-state index is 0.113. The van der Waals surface area contributed by atoms with Crippen LogP contribution in [0.5, 0.6) is 0 Å². The van der Waals surface area contributed by atoms with Gasteiger partial charge in [-0.25, -0.2) is 4.79 Å². The van der Waals surface area contributed by atoms with Gasteiger partial charge in [0.25, 0.3) is 5.91 Å². The predicted octanol–water partition coefficient (Wildman–Crippen LogP) is 2.75. The van der Waals surface area contributed by atoms with Crippen molar-refractivity contribution in [3.63, 3.8) is 0 Å². The molecule has 0 aliphatic carbocycles. The molecule has 0 spiro atoms. The van der Waals surface area contributed by atoms with Gasteiger partial charge in [-0.3, -0.25) is 4.79 Å². The fraction of sp³-hybridized carbons (Fsp3) is 0.385. The van der Waals surface area contributed by atoms with Crippen LogP contribution in [0.4, 0.5) is 0 Å². The smallest absolute Gasteiger partial charge is 0.327 e. The first-order valence-electron chi connectivity index (χ1n) is 5.85. The minimum Gasteiger partial charge on any atom is -0.480 e. The molecular weight excluding hydrogens is 330 g/mol. The molecule has 0 saturated carbocycles. The molecule has 19 heavy (non-hydrogen) atoms. The van der Waals surface area contributed by atoms with Crippen molar-refractivity contribution in [2.24, 2.45) is 0 Å². The molecule has 0 bridgehead atoms. The van der Waals surface area contributed by atoms with Gasteiger partial charge in [-0.2, -0.15) is 0 Å². The molecule has 2 atom stereocenters. The van der Waals surface area contributed by atoms with E-state index < -0.39 is 12.0 Å². The van der Waals surface area contributed by atoms with Crippen LogP contribution in [-0.2, 0) is 4.79 Å². The van der Waals surface area contributed by atoms with Gasteiger partial charge in [0.2, 0.25) is 0 Å². The second-order valence-electron chi connectivity index (χ2n) is 4.46. The molecule has 1 aliphatic heterocycles. The number of hydrogen-bond donors (Lipinski definition) is 1. The van der Waals surface area contributed by atoms with Gasteiger partial charge >= 0.3 is 5.97 Å². The Balaban J connectivity index is 2.31. The van der Waals surface area contributed by atoms with E-state index in [1.54, 1.807) is 12.1 Å². The number of aliphatic carboxylic acids is 1. The van der Waals surface area contributed by atoms with Crippen LogP contribution < -0.4 is 0 Å². The Morgan fingerprint density at radius 3 is 2.74 bits per heavy atom. The van der Waals surface area contributed by atoms with E-state index >= 15 is 0 Å². The number of carboxylic acids is 1. The number of carboxylic acid groups (broad SMARTS) is 1. The highest BCUT2D eigenvalue weighted by Gasteiger charge is 2.39. The second-order valence-corrected chi connectivity index (χ2v) is 6.67. The number of aryl methyl sites for hydroxylation is 1.